The SMILES string of the molecule is CCN(C(=O)Cc1ccc(OC)c(OC)c1)C1CCN(CCNC(=O)Nc2cc(C)nc(C)c2)CC1. The minimum Gasteiger partial charge on any atom is -0.493 e. The van der Waals surface area contributed by atoms with Crippen LogP contribution in [0.5, 0.6) is 11.5 Å². The van der Waals surface area contributed by atoms with Gasteiger partial charge in [-0.1, -0.05) is 6.07 Å². The monoisotopic (exact) mass is 497 g/mol. The van der Waals surface area contributed by atoms with Gasteiger partial charge >= 0.3 is 6.03 Å². The molecule has 0 unspecified atom stereocenters. The molecule has 0 aliphatic carbocycles. The number of hydrogen-bond donors (Lipinski definition) is 2. The lowest BCUT2D eigenvalue weighted by Crippen LogP contribution is -2.49. The van der Waals surface area contributed by atoms with Crippen LogP contribution in [0.1, 0.15) is 36.7 Å². The second-order valence-corrected chi connectivity index (χ2v) is 9.14. The molecule has 0 bridgehead atoms. The van der Waals surface area contributed by atoms with E-state index in [0.29, 0.717) is 31.0 Å². The van der Waals surface area contributed by atoms with Crippen LogP contribution in [0.3, 0.4) is 0 Å². The van der Waals surface area contributed by atoms with Gasteiger partial charge in [-0.2, -0.15) is 0 Å². The molecule has 9 heteroatoms. The van der Waals surface area contributed by atoms with E-state index in [4.69, 9.17) is 9.47 Å². The van der Waals surface area contributed by atoms with Crippen LogP contribution in [0, 0.1) is 13.8 Å². The van der Waals surface area contributed by atoms with E-state index in [1.807, 2.05) is 56.0 Å². The number of nitrogens with one attached hydrogen (secondary N) is 2. The first kappa shape index (κ1) is 27.3. The molecule has 0 spiro atoms. The topological polar surface area (TPSA) is 96.0 Å². The number of likely N-dealkylation sites (tertiary alicyclic amines) is 1. The average Bonchev–Trinajstić information content (AvgIpc) is 2.84. The summed E-state index contributed by atoms with van der Waals surface area (Å²) in [5.41, 5.74) is 3.40. The summed E-state index contributed by atoms with van der Waals surface area (Å²) in [6.45, 7) is 9.68. The Hall–Kier alpha value is -3.33. The van der Waals surface area contributed by atoms with Crippen molar-refractivity contribution in [1.82, 2.24) is 20.1 Å². The number of aryl methyl sites for hydroxylation is 2. The summed E-state index contributed by atoms with van der Waals surface area (Å²) in [4.78, 5) is 34.0. The molecule has 2 N–H and O–H groups in total. The van der Waals surface area contributed by atoms with Gasteiger partial charge in [0, 0.05) is 55.8 Å². The van der Waals surface area contributed by atoms with E-state index in [9.17, 15) is 9.59 Å². The van der Waals surface area contributed by atoms with Gasteiger partial charge in [-0.15, -0.1) is 0 Å². The van der Waals surface area contributed by atoms with Crippen LogP contribution in [0.15, 0.2) is 30.3 Å². The molecule has 36 heavy (non-hydrogen) atoms. The lowest BCUT2D eigenvalue weighted by atomic mass is 10.0. The first-order valence-corrected chi connectivity index (χ1v) is 12.6. The largest absolute Gasteiger partial charge is 0.493 e. The second kappa shape index (κ2) is 13.1. The molecular formula is C27H39N5O4. The number of amides is 3. The lowest BCUT2D eigenvalue weighted by molar-refractivity contribution is -0.133. The molecule has 3 rings (SSSR count). The Labute approximate surface area is 214 Å². The number of piperidine rings is 1. The highest BCUT2D eigenvalue weighted by atomic mass is 16.5. The fourth-order valence-electron chi connectivity index (χ4n) is 4.77. The van der Waals surface area contributed by atoms with Crippen LogP contribution in [-0.2, 0) is 11.2 Å². The Morgan fingerprint density at radius 3 is 2.33 bits per heavy atom. The number of pyridine rings is 1. The van der Waals surface area contributed by atoms with Crippen molar-refractivity contribution in [1.29, 1.82) is 0 Å². The van der Waals surface area contributed by atoms with E-state index >= 15 is 0 Å². The maximum absolute atomic E-state index is 13.1. The quantitative estimate of drug-likeness (QED) is 0.522. The molecule has 2 heterocycles. The first-order valence-electron chi connectivity index (χ1n) is 12.6. The van der Waals surface area contributed by atoms with Gasteiger partial charge in [0.05, 0.1) is 20.6 Å². The van der Waals surface area contributed by atoms with Crippen molar-refractivity contribution in [3.63, 3.8) is 0 Å². The highest BCUT2D eigenvalue weighted by Gasteiger charge is 2.27. The molecule has 1 aromatic carbocycles. The number of rotatable bonds is 10. The fourth-order valence-corrected chi connectivity index (χ4v) is 4.77. The zero-order valence-electron chi connectivity index (χ0n) is 22.1. The molecule has 0 radical (unpaired) electrons. The van der Waals surface area contributed by atoms with Crippen LogP contribution in [0.25, 0.3) is 0 Å². The van der Waals surface area contributed by atoms with Crippen LogP contribution < -0.4 is 20.1 Å². The second-order valence-electron chi connectivity index (χ2n) is 9.14. The van der Waals surface area contributed by atoms with Gasteiger partial charge in [0.2, 0.25) is 5.91 Å². The fraction of sp³-hybridized carbons (Fsp3) is 0.519. The number of ether oxygens (including phenoxy) is 2. The molecule has 3 amide bonds. The Morgan fingerprint density at radius 1 is 1.06 bits per heavy atom. The number of urea groups is 1. The molecule has 1 saturated heterocycles. The number of carbonyl (C=O) groups is 2. The maximum Gasteiger partial charge on any atom is 0.319 e. The summed E-state index contributed by atoms with van der Waals surface area (Å²) < 4.78 is 10.7. The van der Waals surface area contributed by atoms with Crippen molar-refractivity contribution in [2.24, 2.45) is 0 Å². The number of benzene rings is 1. The average molecular weight is 498 g/mol. The Balaban J connectivity index is 1.42. The lowest BCUT2D eigenvalue weighted by Gasteiger charge is -2.38. The van der Waals surface area contributed by atoms with Crippen molar-refractivity contribution in [3.05, 3.63) is 47.3 Å². The van der Waals surface area contributed by atoms with Gasteiger partial charge in [-0.05, 0) is 63.4 Å². The van der Waals surface area contributed by atoms with Crippen LogP contribution in [-0.4, -0.2) is 79.7 Å². The molecule has 196 valence electrons. The highest BCUT2D eigenvalue weighted by molar-refractivity contribution is 5.89. The molecule has 9 nitrogen and oxygen atoms in total. The Bertz CT molecular complexity index is 1020. The van der Waals surface area contributed by atoms with Gasteiger partial charge < -0.3 is 29.9 Å². The predicted octanol–water partition coefficient (Wildman–Crippen LogP) is 3.39. The zero-order chi connectivity index (χ0) is 26.1. The molecule has 0 atom stereocenters. The van der Waals surface area contributed by atoms with E-state index in [1.165, 1.54) is 0 Å². The van der Waals surface area contributed by atoms with Crippen molar-refractivity contribution in [2.75, 3.05) is 52.3 Å². The summed E-state index contributed by atoms with van der Waals surface area (Å²) in [5, 5.41) is 5.80. The van der Waals surface area contributed by atoms with Crippen molar-refractivity contribution in [3.8, 4) is 11.5 Å². The van der Waals surface area contributed by atoms with E-state index in [1.54, 1.807) is 14.2 Å². The van der Waals surface area contributed by atoms with E-state index in [-0.39, 0.29) is 18.0 Å². The standard InChI is InChI=1S/C27H39N5O4/c1-6-32(26(33)18-21-7-8-24(35-4)25(17-21)36-5)23-9-12-31(13-10-23)14-11-28-27(34)30-22-15-19(2)29-20(3)16-22/h7-8,15-17,23H,6,9-14,18H2,1-5H3,(H2,28,29,30,34). The summed E-state index contributed by atoms with van der Waals surface area (Å²) in [6, 6.07) is 9.33. The normalized spacial score (nSPS) is 14.2. The van der Waals surface area contributed by atoms with E-state index in [2.05, 4.69) is 20.5 Å². The Morgan fingerprint density at radius 2 is 1.72 bits per heavy atom. The molecule has 1 aliphatic heterocycles. The van der Waals surface area contributed by atoms with Gasteiger partial charge in [-0.3, -0.25) is 9.78 Å². The molecule has 1 fully saturated rings. The van der Waals surface area contributed by atoms with E-state index < -0.39 is 0 Å². The third-order valence-electron chi connectivity index (χ3n) is 6.52. The van der Waals surface area contributed by atoms with Gasteiger partial charge in [0.25, 0.3) is 0 Å². The smallest absolute Gasteiger partial charge is 0.319 e. The molecular weight excluding hydrogens is 458 g/mol. The summed E-state index contributed by atoms with van der Waals surface area (Å²) >= 11 is 0. The number of anilines is 1. The van der Waals surface area contributed by atoms with Crippen molar-refractivity contribution >= 4 is 17.6 Å². The minimum absolute atomic E-state index is 0.128. The van der Waals surface area contributed by atoms with E-state index in [0.717, 1.165) is 55.1 Å². The van der Waals surface area contributed by atoms with Crippen molar-refractivity contribution in [2.45, 2.75) is 46.1 Å². The minimum atomic E-state index is -0.215. The third kappa shape index (κ3) is 7.58. The third-order valence-corrected chi connectivity index (χ3v) is 6.52. The number of methoxy groups -OCH3 is 2. The number of nitrogens with zero attached hydrogens (tertiary/aromatic N) is 3. The summed E-state index contributed by atoms with van der Waals surface area (Å²) in [5.74, 6) is 1.42. The first-order chi connectivity index (χ1) is 17.3. The number of carbonyl (C=O) groups excluding carboxylic acids is 2. The highest BCUT2D eigenvalue weighted by Crippen LogP contribution is 2.28. The maximum atomic E-state index is 13.1. The summed E-state index contributed by atoms with van der Waals surface area (Å²) in [6.07, 6.45) is 2.19. The summed E-state index contributed by atoms with van der Waals surface area (Å²) in [7, 11) is 3.20. The molecule has 1 aromatic heterocycles. The predicted molar refractivity (Wildman–Crippen MR) is 141 cm³/mol. The number of hydrogen-bond acceptors (Lipinski definition) is 6. The van der Waals surface area contributed by atoms with Crippen molar-refractivity contribution < 1.29 is 19.1 Å². The Kier molecular flexibility index (Phi) is 9.93. The van der Waals surface area contributed by atoms with Gasteiger partial charge in [-0.25, -0.2) is 4.79 Å². The van der Waals surface area contributed by atoms with Gasteiger partial charge in [0.15, 0.2) is 11.5 Å². The van der Waals surface area contributed by atoms with Crippen LogP contribution >= 0.6 is 0 Å². The molecule has 0 saturated carbocycles. The zero-order valence-corrected chi connectivity index (χ0v) is 22.1. The number of likely N-dealkylation sites (N-methyl/N-ethyl adjacent to an activating group) is 1. The van der Waals surface area contributed by atoms with Crippen LogP contribution in [0.4, 0.5) is 10.5 Å². The van der Waals surface area contributed by atoms with Gasteiger partial charge in [0.1, 0.15) is 0 Å². The number of aromatic nitrogens is 1. The molecule has 2 aromatic rings. The molecule has 1 aliphatic rings. The van der Waals surface area contributed by atoms with Crippen LogP contribution in [0.2, 0.25) is 0 Å².